The molecule has 1 aliphatic heterocycles. The largest absolute Gasteiger partial charge is 0.456 e. The van der Waals surface area contributed by atoms with Gasteiger partial charge in [0.2, 0.25) is 0 Å². The molecule has 1 aliphatic rings. The maximum atomic E-state index is 6.40. The SMILES string of the molecule is c1ccc2c(c1)Sc1c(-c3ccc(N(c4ccc(-c5cccc6ccccc56)cc4)c4ccc5c(c4)oc4ccccc45)cc3)ccc3c4ccccc4n-2c13. The fourth-order valence-corrected chi connectivity index (χ4v) is 10.0. The molecule has 56 heavy (non-hydrogen) atoms. The molecule has 12 rings (SSSR count). The molecule has 2 aromatic heterocycles. The topological polar surface area (TPSA) is 21.3 Å². The van der Waals surface area contributed by atoms with E-state index in [0.29, 0.717) is 0 Å². The second-order valence-corrected chi connectivity index (χ2v) is 15.5. The van der Waals surface area contributed by atoms with Crippen molar-refractivity contribution in [3.8, 4) is 27.9 Å². The van der Waals surface area contributed by atoms with Crippen LogP contribution >= 0.6 is 11.8 Å². The van der Waals surface area contributed by atoms with Crippen molar-refractivity contribution >= 4 is 83.3 Å². The van der Waals surface area contributed by atoms with E-state index in [-0.39, 0.29) is 0 Å². The predicted molar refractivity (Wildman–Crippen MR) is 235 cm³/mol. The second kappa shape index (κ2) is 12.3. The zero-order chi connectivity index (χ0) is 36.7. The van der Waals surface area contributed by atoms with Gasteiger partial charge in [-0.05, 0) is 93.7 Å². The molecular weight excluding hydrogens is 701 g/mol. The number of furan rings is 1. The van der Waals surface area contributed by atoms with Crippen LogP contribution in [0.4, 0.5) is 17.1 Å². The predicted octanol–water partition coefficient (Wildman–Crippen LogP) is 15.1. The highest BCUT2D eigenvalue weighted by Crippen LogP contribution is 2.50. The van der Waals surface area contributed by atoms with Crippen LogP contribution in [-0.2, 0) is 0 Å². The van der Waals surface area contributed by atoms with E-state index in [4.69, 9.17) is 4.42 Å². The summed E-state index contributed by atoms with van der Waals surface area (Å²) in [5, 5.41) is 7.32. The summed E-state index contributed by atoms with van der Waals surface area (Å²) in [5.41, 5.74) is 13.6. The lowest BCUT2D eigenvalue weighted by atomic mass is 9.98. The van der Waals surface area contributed by atoms with Gasteiger partial charge < -0.3 is 13.9 Å². The normalized spacial score (nSPS) is 12.2. The molecule has 0 amide bonds. The number of anilines is 3. The first-order chi connectivity index (χ1) is 27.8. The molecule has 3 nitrogen and oxygen atoms in total. The van der Waals surface area contributed by atoms with E-state index in [1.54, 1.807) is 0 Å². The zero-order valence-electron chi connectivity index (χ0n) is 30.2. The van der Waals surface area contributed by atoms with E-state index in [0.717, 1.165) is 39.0 Å². The first kappa shape index (κ1) is 31.4. The van der Waals surface area contributed by atoms with Crippen molar-refractivity contribution in [2.75, 3.05) is 4.90 Å². The summed E-state index contributed by atoms with van der Waals surface area (Å²) in [6.07, 6.45) is 0. The first-order valence-corrected chi connectivity index (χ1v) is 19.8. The maximum absolute atomic E-state index is 6.40. The van der Waals surface area contributed by atoms with Crippen molar-refractivity contribution in [3.63, 3.8) is 0 Å². The van der Waals surface area contributed by atoms with Crippen LogP contribution in [0.1, 0.15) is 0 Å². The zero-order valence-corrected chi connectivity index (χ0v) is 31.0. The highest BCUT2D eigenvalue weighted by molar-refractivity contribution is 8.00. The van der Waals surface area contributed by atoms with Gasteiger partial charge in [-0.2, -0.15) is 0 Å². The smallest absolute Gasteiger partial charge is 0.137 e. The lowest BCUT2D eigenvalue weighted by Crippen LogP contribution is -2.09. The lowest BCUT2D eigenvalue weighted by Gasteiger charge is -2.26. The Balaban J connectivity index is 0.995. The number of hydrogen-bond donors (Lipinski definition) is 0. The standard InChI is InChI=1S/C52H32N2OS/c1-2-12-39-33(10-1)11-9-15-40(39)34-20-24-36(25-21-34)53(38-28-29-44-43-14-4-7-18-48(43)55-49(44)32-38)37-26-22-35(23-27-37)41-30-31-45-42-13-3-5-16-46(42)54-47-17-6-8-19-50(47)56-52(41)51(45)54/h1-32H. The van der Waals surface area contributed by atoms with Crippen molar-refractivity contribution in [1.82, 2.24) is 4.57 Å². The van der Waals surface area contributed by atoms with Gasteiger partial charge in [-0.15, -0.1) is 0 Å². The molecule has 0 saturated heterocycles. The molecule has 0 spiro atoms. The molecule has 3 heterocycles. The van der Waals surface area contributed by atoms with Gasteiger partial charge in [0.25, 0.3) is 0 Å². The Morgan fingerprint density at radius 3 is 1.89 bits per heavy atom. The van der Waals surface area contributed by atoms with Gasteiger partial charge in [0.15, 0.2) is 0 Å². The van der Waals surface area contributed by atoms with Crippen LogP contribution in [0.15, 0.2) is 208 Å². The Labute approximate surface area is 327 Å². The quantitative estimate of drug-likeness (QED) is 0.176. The summed E-state index contributed by atoms with van der Waals surface area (Å²) in [5.74, 6) is 0. The summed E-state index contributed by atoms with van der Waals surface area (Å²) in [6.45, 7) is 0. The van der Waals surface area contributed by atoms with Crippen molar-refractivity contribution in [2.24, 2.45) is 0 Å². The molecule has 262 valence electrons. The van der Waals surface area contributed by atoms with E-state index < -0.39 is 0 Å². The van der Waals surface area contributed by atoms with Gasteiger partial charge in [-0.25, -0.2) is 0 Å². The van der Waals surface area contributed by atoms with E-state index in [1.165, 1.54) is 70.3 Å². The number of fused-ring (bicyclic) bond motifs is 9. The minimum Gasteiger partial charge on any atom is -0.456 e. The highest BCUT2D eigenvalue weighted by Gasteiger charge is 2.25. The van der Waals surface area contributed by atoms with E-state index in [9.17, 15) is 0 Å². The summed E-state index contributed by atoms with van der Waals surface area (Å²) >= 11 is 1.88. The minimum absolute atomic E-state index is 0.873. The van der Waals surface area contributed by atoms with Gasteiger partial charge in [0.1, 0.15) is 11.2 Å². The van der Waals surface area contributed by atoms with Crippen LogP contribution in [0.2, 0.25) is 0 Å². The summed E-state index contributed by atoms with van der Waals surface area (Å²) in [7, 11) is 0. The molecule has 0 unspecified atom stereocenters. The summed E-state index contributed by atoms with van der Waals surface area (Å²) in [6, 6.07) is 70.1. The van der Waals surface area contributed by atoms with E-state index >= 15 is 0 Å². The van der Waals surface area contributed by atoms with Crippen molar-refractivity contribution in [1.29, 1.82) is 0 Å². The maximum Gasteiger partial charge on any atom is 0.137 e. The van der Waals surface area contributed by atoms with Crippen LogP contribution in [0.5, 0.6) is 0 Å². The third-order valence-electron chi connectivity index (χ3n) is 11.4. The number of aromatic nitrogens is 1. The molecule has 0 saturated carbocycles. The molecular formula is C52H32N2OS. The molecule has 0 radical (unpaired) electrons. The average Bonchev–Trinajstić information content (AvgIpc) is 3.81. The third kappa shape index (κ3) is 4.73. The molecule has 0 fully saturated rings. The van der Waals surface area contributed by atoms with Gasteiger partial charge in [0.05, 0.1) is 16.7 Å². The fourth-order valence-electron chi connectivity index (χ4n) is 8.80. The van der Waals surface area contributed by atoms with Gasteiger partial charge >= 0.3 is 0 Å². The Bertz CT molecular complexity index is 3330. The fraction of sp³-hybridized carbons (Fsp3) is 0. The van der Waals surface area contributed by atoms with Crippen LogP contribution in [-0.4, -0.2) is 4.57 Å². The Kier molecular flexibility index (Phi) is 6.86. The molecule has 0 atom stereocenters. The molecule has 11 aromatic rings. The third-order valence-corrected chi connectivity index (χ3v) is 12.6. The molecule has 9 aromatic carbocycles. The molecule has 0 aliphatic carbocycles. The van der Waals surface area contributed by atoms with E-state index in [2.05, 4.69) is 191 Å². The van der Waals surface area contributed by atoms with Crippen molar-refractivity contribution < 1.29 is 4.42 Å². The van der Waals surface area contributed by atoms with Crippen LogP contribution in [0.3, 0.4) is 0 Å². The lowest BCUT2D eigenvalue weighted by molar-refractivity contribution is 0.669. The van der Waals surface area contributed by atoms with Crippen molar-refractivity contribution in [2.45, 2.75) is 9.79 Å². The number of para-hydroxylation sites is 3. The minimum atomic E-state index is 0.873. The average molecular weight is 733 g/mol. The molecule has 4 heteroatoms. The summed E-state index contributed by atoms with van der Waals surface area (Å²) < 4.78 is 8.86. The van der Waals surface area contributed by atoms with Gasteiger partial charge in [0, 0.05) is 54.5 Å². The monoisotopic (exact) mass is 732 g/mol. The van der Waals surface area contributed by atoms with Crippen LogP contribution in [0, 0.1) is 0 Å². The number of nitrogens with zero attached hydrogens (tertiary/aromatic N) is 2. The summed E-state index contributed by atoms with van der Waals surface area (Å²) in [4.78, 5) is 4.89. The van der Waals surface area contributed by atoms with Crippen LogP contribution < -0.4 is 4.90 Å². The van der Waals surface area contributed by atoms with Crippen LogP contribution in [0.25, 0.3) is 82.5 Å². The van der Waals surface area contributed by atoms with E-state index in [1.807, 2.05) is 23.9 Å². The number of hydrogen-bond acceptors (Lipinski definition) is 3. The Morgan fingerprint density at radius 1 is 0.429 bits per heavy atom. The Hall–Kier alpha value is -7.01. The Morgan fingerprint density at radius 2 is 1.05 bits per heavy atom. The van der Waals surface area contributed by atoms with Gasteiger partial charge in [-0.1, -0.05) is 139 Å². The number of benzene rings is 9. The molecule has 0 N–H and O–H groups in total. The highest BCUT2D eigenvalue weighted by atomic mass is 32.2. The molecule has 0 bridgehead atoms. The second-order valence-electron chi connectivity index (χ2n) is 14.5. The number of rotatable bonds is 5. The van der Waals surface area contributed by atoms with Crippen molar-refractivity contribution in [3.05, 3.63) is 194 Å². The first-order valence-electron chi connectivity index (χ1n) is 19.0. The van der Waals surface area contributed by atoms with Gasteiger partial charge in [-0.3, -0.25) is 0 Å².